The molecule has 0 saturated carbocycles. The standard InChI is InChI=1S/C16H23FN2O/c1-12-3-2-10-19(15(12)11-18)16(20)9-6-13-4-7-14(17)8-5-13/h4-5,7-8,12,15H,2-3,6,9-11,18H2,1H3/t12-,15-/m0/s1. The fraction of sp³-hybridized carbons (Fsp3) is 0.562. The summed E-state index contributed by atoms with van der Waals surface area (Å²) in [5, 5.41) is 0. The van der Waals surface area contributed by atoms with E-state index in [1.165, 1.54) is 12.1 Å². The van der Waals surface area contributed by atoms with Crippen molar-refractivity contribution in [3.63, 3.8) is 0 Å². The van der Waals surface area contributed by atoms with E-state index >= 15 is 0 Å². The minimum Gasteiger partial charge on any atom is -0.338 e. The van der Waals surface area contributed by atoms with Gasteiger partial charge in [0.15, 0.2) is 0 Å². The summed E-state index contributed by atoms with van der Waals surface area (Å²) in [7, 11) is 0. The number of aryl methyl sites for hydroxylation is 1. The molecule has 1 amide bonds. The lowest BCUT2D eigenvalue weighted by molar-refractivity contribution is -0.136. The number of benzene rings is 1. The molecule has 1 aromatic carbocycles. The highest BCUT2D eigenvalue weighted by molar-refractivity contribution is 5.77. The zero-order valence-electron chi connectivity index (χ0n) is 12.0. The Balaban J connectivity index is 1.92. The smallest absolute Gasteiger partial charge is 0.223 e. The number of carbonyl (C=O) groups is 1. The SMILES string of the molecule is C[C@H]1CCCN(C(=O)CCc2ccc(F)cc2)[C@H]1CN. The van der Waals surface area contributed by atoms with Gasteiger partial charge in [-0.1, -0.05) is 19.1 Å². The van der Waals surface area contributed by atoms with Crippen LogP contribution in [0.25, 0.3) is 0 Å². The number of hydrogen-bond acceptors (Lipinski definition) is 2. The molecule has 4 heteroatoms. The van der Waals surface area contributed by atoms with Crippen molar-refractivity contribution in [2.45, 2.75) is 38.6 Å². The first-order valence-electron chi connectivity index (χ1n) is 7.36. The predicted octanol–water partition coefficient (Wildman–Crippen LogP) is 2.34. The number of amides is 1. The molecule has 0 aliphatic carbocycles. The number of likely N-dealkylation sites (tertiary alicyclic amines) is 1. The maximum Gasteiger partial charge on any atom is 0.223 e. The molecule has 0 aromatic heterocycles. The number of hydrogen-bond donors (Lipinski definition) is 1. The van der Waals surface area contributed by atoms with Gasteiger partial charge in [-0.05, 0) is 42.9 Å². The lowest BCUT2D eigenvalue weighted by atomic mass is 9.90. The summed E-state index contributed by atoms with van der Waals surface area (Å²) in [6.07, 6.45) is 3.32. The summed E-state index contributed by atoms with van der Waals surface area (Å²) in [6.45, 7) is 3.51. The Bertz CT molecular complexity index is 446. The van der Waals surface area contributed by atoms with Crippen molar-refractivity contribution in [2.24, 2.45) is 11.7 Å². The van der Waals surface area contributed by atoms with E-state index in [-0.39, 0.29) is 17.8 Å². The molecule has 1 saturated heterocycles. The molecule has 0 radical (unpaired) electrons. The maximum absolute atomic E-state index is 12.8. The molecule has 1 aliphatic heterocycles. The summed E-state index contributed by atoms with van der Waals surface area (Å²) < 4.78 is 12.8. The molecule has 1 aliphatic rings. The Morgan fingerprint density at radius 3 is 2.75 bits per heavy atom. The fourth-order valence-corrected chi connectivity index (χ4v) is 2.96. The van der Waals surface area contributed by atoms with E-state index in [4.69, 9.17) is 5.73 Å². The van der Waals surface area contributed by atoms with E-state index in [1.807, 2.05) is 4.90 Å². The molecule has 1 heterocycles. The van der Waals surface area contributed by atoms with E-state index in [0.717, 1.165) is 24.9 Å². The summed E-state index contributed by atoms with van der Waals surface area (Å²) in [4.78, 5) is 14.3. The third-order valence-corrected chi connectivity index (χ3v) is 4.22. The van der Waals surface area contributed by atoms with Crippen molar-refractivity contribution < 1.29 is 9.18 Å². The van der Waals surface area contributed by atoms with E-state index in [9.17, 15) is 9.18 Å². The van der Waals surface area contributed by atoms with Gasteiger partial charge in [0.2, 0.25) is 5.91 Å². The van der Waals surface area contributed by atoms with Gasteiger partial charge in [-0.3, -0.25) is 4.79 Å². The second-order valence-corrected chi connectivity index (χ2v) is 5.64. The average Bonchev–Trinajstić information content (AvgIpc) is 2.46. The van der Waals surface area contributed by atoms with E-state index < -0.39 is 0 Å². The van der Waals surface area contributed by atoms with Crippen LogP contribution in [-0.2, 0) is 11.2 Å². The van der Waals surface area contributed by atoms with Crippen LogP contribution in [-0.4, -0.2) is 29.9 Å². The van der Waals surface area contributed by atoms with E-state index in [1.54, 1.807) is 12.1 Å². The second kappa shape index (κ2) is 6.84. The quantitative estimate of drug-likeness (QED) is 0.919. The van der Waals surface area contributed by atoms with Crippen LogP contribution in [0.1, 0.15) is 31.7 Å². The van der Waals surface area contributed by atoms with Crippen LogP contribution in [0, 0.1) is 11.7 Å². The largest absolute Gasteiger partial charge is 0.338 e. The first kappa shape index (κ1) is 15.0. The summed E-state index contributed by atoms with van der Waals surface area (Å²) in [6, 6.07) is 6.52. The average molecular weight is 278 g/mol. The molecule has 2 atom stereocenters. The third kappa shape index (κ3) is 3.57. The molecule has 3 nitrogen and oxygen atoms in total. The zero-order chi connectivity index (χ0) is 14.5. The number of piperidine rings is 1. The van der Waals surface area contributed by atoms with Crippen molar-refractivity contribution in [3.05, 3.63) is 35.6 Å². The lowest BCUT2D eigenvalue weighted by Gasteiger charge is -2.39. The highest BCUT2D eigenvalue weighted by atomic mass is 19.1. The lowest BCUT2D eigenvalue weighted by Crippen LogP contribution is -2.51. The molecule has 1 fully saturated rings. The molecule has 2 rings (SSSR count). The van der Waals surface area contributed by atoms with Crippen LogP contribution in [0.4, 0.5) is 4.39 Å². The molecule has 1 aromatic rings. The number of halogens is 1. The summed E-state index contributed by atoms with van der Waals surface area (Å²) in [5.74, 6) is 0.396. The van der Waals surface area contributed by atoms with Crippen molar-refractivity contribution in [1.82, 2.24) is 4.90 Å². The van der Waals surface area contributed by atoms with Crippen LogP contribution in [0.2, 0.25) is 0 Å². The van der Waals surface area contributed by atoms with Crippen LogP contribution in [0.15, 0.2) is 24.3 Å². The summed E-state index contributed by atoms with van der Waals surface area (Å²) in [5.41, 5.74) is 6.80. The van der Waals surface area contributed by atoms with Crippen molar-refractivity contribution >= 4 is 5.91 Å². The van der Waals surface area contributed by atoms with Gasteiger partial charge in [0.05, 0.1) is 0 Å². The first-order valence-corrected chi connectivity index (χ1v) is 7.36. The fourth-order valence-electron chi connectivity index (χ4n) is 2.96. The highest BCUT2D eigenvalue weighted by Crippen LogP contribution is 2.23. The van der Waals surface area contributed by atoms with Crippen molar-refractivity contribution in [2.75, 3.05) is 13.1 Å². The number of nitrogens with two attached hydrogens (primary N) is 1. The molecule has 20 heavy (non-hydrogen) atoms. The third-order valence-electron chi connectivity index (χ3n) is 4.22. The zero-order valence-corrected chi connectivity index (χ0v) is 12.0. The van der Waals surface area contributed by atoms with Crippen molar-refractivity contribution in [3.8, 4) is 0 Å². The predicted molar refractivity (Wildman–Crippen MR) is 77.7 cm³/mol. The first-order chi connectivity index (χ1) is 9.61. The van der Waals surface area contributed by atoms with E-state index in [2.05, 4.69) is 6.92 Å². The van der Waals surface area contributed by atoms with Gasteiger partial charge in [0.1, 0.15) is 5.82 Å². The van der Waals surface area contributed by atoms with Crippen molar-refractivity contribution in [1.29, 1.82) is 0 Å². The number of nitrogens with zero attached hydrogens (tertiary/aromatic N) is 1. The molecule has 0 spiro atoms. The van der Waals surface area contributed by atoms with Gasteiger partial charge in [-0.25, -0.2) is 4.39 Å². The second-order valence-electron chi connectivity index (χ2n) is 5.64. The Kier molecular flexibility index (Phi) is 5.12. The molecule has 2 N–H and O–H groups in total. The molecule has 110 valence electrons. The van der Waals surface area contributed by atoms with Crippen LogP contribution < -0.4 is 5.73 Å². The number of rotatable bonds is 4. The Hall–Kier alpha value is -1.42. The van der Waals surface area contributed by atoms with Crippen LogP contribution in [0.5, 0.6) is 0 Å². The normalized spacial score (nSPS) is 22.9. The highest BCUT2D eigenvalue weighted by Gasteiger charge is 2.30. The minimum absolute atomic E-state index is 0.163. The van der Waals surface area contributed by atoms with Gasteiger partial charge in [-0.2, -0.15) is 0 Å². The van der Waals surface area contributed by atoms with Crippen LogP contribution >= 0.6 is 0 Å². The van der Waals surface area contributed by atoms with E-state index in [0.29, 0.717) is 25.3 Å². The Morgan fingerprint density at radius 1 is 1.40 bits per heavy atom. The van der Waals surface area contributed by atoms with Gasteiger partial charge in [-0.15, -0.1) is 0 Å². The Morgan fingerprint density at radius 2 is 2.10 bits per heavy atom. The van der Waals surface area contributed by atoms with Gasteiger partial charge < -0.3 is 10.6 Å². The topological polar surface area (TPSA) is 46.3 Å². The maximum atomic E-state index is 12.8. The molecule has 0 unspecified atom stereocenters. The van der Waals surface area contributed by atoms with Gasteiger partial charge in [0.25, 0.3) is 0 Å². The Labute approximate surface area is 120 Å². The van der Waals surface area contributed by atoms with Crippen LogP contribution in [0.3, 0.4) is 0 Å². The summed E-state index contributed by atoms with van der Waals surface area (Å²) >= 11 is 0. The van der Waals surface area contributed by atoms with Gasteiger partial charge >= 0.3 is 0 Å². The molecule has 0 bridgehead atoms. The molecular formula is C16H23FN2O. The monoisotopic (exact) mass is 278 g/mol. The number of carbonyl (C=O) groups excluding carboxylic acids is 1. The minimum atomic E-state index is -0.242. The van der Waals surface area contributed by atoms with Gasteiger partial charge in [0, 0.05) is 25.6 Å². The molecular weight excluding hydrogens is 255 g/mol.